The fourth-order valence-electron chi connectivity index (χ4n) is 2.58. The third-order valence-corrected chi connectivity index (χ3v) is 3.22. The molecule has 0 aromatic carbocycles. The van der Waals surface area contributed by atoms with E-state index in [4.69, 9.17) is 0 Å². The molecule has 0 saturated carbocycles. The van der Waals surface area contributed by atoms with Crippen molar-refractivity contribution >= 4 is 0 Å². The van der Waals surface area contributed by atoms with Crippen molar-refractivity contribution in [1.29, 1.82) is 0 Å². The van der Waals surface area contributed by atoms with Crippen LogP contribution in [0.15, 0.2) is 46.6 Å². The van der Waals surface area contributed by atoms with Crippen LogP contribution in [0.2, 0.25) is 0 Å². The van der Waals surface area contributed by atoms with Crippen molar-refractivity contribution in [3.8, 4) is 0 Å². The zero-order chi connectivity index (χ0) is 8.67. The Morgan fingerprint density at radius 1 is 1.00 bits per heavy atom. The highest BCUT2D eigenvalue weighted by molar-refractivity contribution is 5.62. The maximum atomic E-state index is 2.43. The van der Waals surface area contributed by atoms with E-state index in [2.05, 4.69) is 24.3 Å². The summed E-state index contributed by atoms with van der Waals surface area (Å²) in [6.07, 6.45) is 15.8. The van der Waals surface area contributed by atoms with Gasteiger partial charge in [-0.1, -0.05) is 29.9 Å². The topological polar surface area (TPSA) is 0 Å². The molecule has 0 radical (unpaired) electrons. The minimum absolute atomic E-state index is 1.24. The Morgan fingerprint density at radius 2 is 1.92 bits per heavy atom. The van der Waals surface area contributed by atoms with Gasteiger partial charge in [0.2, 0.25) is 0 Å². The van der Waals surface area contributed by atoms with Gasteiger partial charge in [0.05, 0.1) is 0 Å². The number of allylic oxidation sites excluding steroid dienone is 8. The molecule has 0 fully saturated rings. The third-order valence-electron chi connectivity index (χ3n) is 3.22. The van der Waals surface area contributed by atoms with Gasteiger partial charge < -0.3 is 0 Å². The first-order valence-electron chi connectivity index (χ1n) is 5.23. The Morgan fingerprint density at radius 3 is 2.92 bits per heavy atom. The second kappa shape index (κ2) is 2.73. The zero-order valence-electron chi connectivity index (χ0n) is 7.84. The minimum Gasteiger partial charge on any atom is -0.0836 e. The van der Waals surface area contributed by atoms with E-state index in [1.54, 1.807) is 22.3 Å². The smallest absolute Gasteiger partial charge is 0.00549 e. The summed E-state index contributed by atoms with van der Waals surface area (Å²) in [7, 11) is 0. The summed E-state index contributed by atoms with van der Waals surface area (Å²) in [4.78, 5) is 0. The van der Waals surface area contributed by atoms with E-state index < -0.39 is 0 Å². The van der Waals surface area contributed by atoms with Crippen LogP contribution in [0.4, 0.5) is 0 Å². The summed E-state index contributed by atoms with van der Waals surface area (Å²) in [5, 5.41) is 0. The van der Waals surface area contributed by atoms with Crippen LogP contribution in [0.25, 0.3) is 0 Å². The summed E-state index contributed by atoms with van der Waals surface area (Å²) >= 11 is 0. The SMILES string of the molecule is C1=CC2=C(CC1)CC1=CCCC=C12. The normalized spacial score (nSPS) is 25.2. The molecule has 66 valence electrons. The first-order chi connectivity index (χ1) is 6.45. The highest BCUT2D eigenvalue weighted by Crippen LogP contribution is 2.42. The molecule has 0 amide bonds. The summed E-state index contributed by atoms with van der Waals surface area (Å²) in [6, 6.07) is 0. The number of rotatable bonds is 0. The van der Waals surface area contributed by atoms with Crippen LogP contribution in [0, 0.1) is 0 Å². The quantitative estimate of drug-likeness (QED) is 0.520. The van der Waals surface area contributed by atoms with E-state index in [9.17, 15) is 0 Å². The van der Waals surface area contributed by atoms with E-state index >= 15 is 0 Å². The van der Waals surface area contributed by atoms with Crippen LogP contribution in [0.1, 0.15) is 32.1 Å². The third kappa shape index (κ3) is 1.05. The van der Waals surface area contributed by atoms with Crippen LogP contribution in [0.3, 0.4) is 0 Å². The van der Waals surface area contributed by atoms with Gasteiger partial charge >= 0.3 is 0 Å². The maximum absolute atomic E-state index is 2.43. The molecule has 3 rings (SSSR count). The lowest BCUT2D eigenvalue weighted by atomic mass is 9.95. The Balaban J connectivity index is 2.09. The average Bonchev–Trinajstić information content (AvgIpc) is 2.56. The summed E-state index contributed by atoms with van der Waals surface area (Å²) in [6.45, 7) is 0. The van der Waals surface area contributed by atoms with Crippen molar-refractivity contribution < 1.29 is 0 Å². The molecule has 3 aliphatic carbocycles. The highest BCUT2D eigenvalue weighted by Gasteiger charge is 2.24. The van der Waals surface area contributed by atoms with E-state index in [1.165, 1.54) is 32.1 Å². The van der Waals surface area contributed by atoms with E-state index in [0.717, 1.165) is 0 Å². The van der Waals surface area contributed by atoms with Crippen LogP contribution >= 0.6 is 0 Å². The van der Waals surface area contributed by atoms with Crippen molar-refractivity contribution in [3.05, 3.63) is 46.6 Å². The largest absolute Gasteiger partial charge is 0.0836 e. The molecule has 0 atom stereocenters. The molecule has 0 heteroatoms. The lowest BCUT2D eigenvalue weighted by Crippen LogP contribution is -1.91. The van der Waals surface area contributed by atoms with Crippen molar-refractivity contribution in [1.82, 2.24) is 0 Å². The predicted octanol–water partition coefficient (Wildman–Crippen LogP) is 3.68. The van der Waals surface area contributed by atoms with Gasteiger partial charge in [-0.05, 0) is 48.8 Å². The van der Waals surface area contributed by atoms with Gasteiger partial charge in [-0.25, -0.2) is 0 Å². The molecule has 0 aromatic heterocycles. The van der Waals surface area contributed by atoms with Crippen molar-refractivity contribution in [2.24, 2.45) is 0 Å². The van der Waals surface area contributed by atoms with Crippen molar-refractivity contribution in [3.63, 3.8) is 0 Å². The molecular weight excluding hydrogens is 156 g/mol. The molecule has 3 aliphatic rings. The van der Waals surface area contributed by atoms with Gasteiger partial charge in [-0.3, -0.25) is 0 Å². The van der Waals surface area contributed by atoms with Gasteiger partial charge in [0.1, 0.15) is 0 Å². The van der Waals surface area contributed by atoms with E-state index in [1.807, 2.05) is 0 Å². The highest BCUT2D eigenvalue weighted by atomic mass is 14.3. The molecule has 13 heavy (non-hydrogen) atoms. The zero-order valence-corrected chi connectivity index (χ0v) is 7.84. The van der Waals surface area contributed by atoms with Crippen LogP contribution in [-0.2, 0) is 0 Å². The Kier molecular flexibility index (Phi) is 1.55. The minimum atomic E-state index is 1.24. The van der Waals surface area contributed by atoms with E-state index in [-0.39, 0.29) is 0 Å². The number of hydrogen-bond donors (Lipinski definition) is 0. The van der Waals surface area contributed by atoms with Crippen molar-refractivity contribution in [2.75, 3.05) is 0 Å². The van der Waals surface area contributed by atoms with Crippen LogP contribution in [0.5, 0.6) is 0 Å². The van der Waals surface area contributed by atoms with Crippen molar-refractivity contribution in [2.45, 2.75) is 32.1 Å². The van der Waals surface area contributed by atoms with Crippen LogP contribution < -0.4 is 0 Å². The number of fused-ring (bicyclic) bond motifs is 2. The predicted molar refractivity (Wildman–Crippen MR) is 55.4 cm³/mol. The fraction of sp³-hybridized carbons (Fsp3) is 0.385. The first kappa shape index (κ1) is 7.37. The first-order valence-corrected chi connectivity index (χ1v) is 5.23. The Hall–Kier alpha value is -1.04. The van der Waals surface area contributed by atoms with Crippen LogP contribution in [-0.4, -0.2) is 0 Å². The monoisotopic (exact) mass is 170 g/mol. The second-order valence-corrected chi connectivity index (χ2v) is 4.06. The van der Waals surface area contributed by atoms with Gasteiger partial charge in [0.25, 0.3) is 0 Å². The average molecular weight is 170 g/mol. The second-order valence-electron chi connectivity index (χ2n) is 4.06. The van der Waals surface area contributed by atoms with Gasteiger partial charge in [-0.2, -0.15) is 0 Å². The summed E-state index contributed by atoms with van der Waals surface area (Å²) in [5.74, 6) is 0. The Labute approximate surface area is 79.3 Å². The van der Waals surface area contributed by atoms with Gasteiger partial charge in [0, 0.05) is 0 Å². The molecule has 0 unspecified atom stereocenters. The van der Waals surface area contributed by atoms with E-state index in [0.29, 0.717) is 0 Å². The molecule has 0 spiro atoms. The maximum Gasteiger partial charge on any atom is -0.00549 e. The van der Waals surface area contributed by atoms with Gasteiger partial charge in [-0.15, -0.1) is 0 Å². The Bertz CT molecular complexity index is 361. The molecule has 0 bridgehead atoms. The molecule has 0 N–H and O–H groups in total. The summed E-state index contributed by atoms with van der Waals surface area (Å²) in [5.41, 5.74) is 6.39. The van der Waals surface area contributed by atoms with Gasteiger partial charge in [0.15, 0.2) is 0 Å². The number of hydrogen-bond acceptors (Lipinski definition) is 0. The lowest BCUT2D eigenvalue weighted by Gasteiger charge is -2.10. The fourth-order valence-corrected chi connectivity index (χ4v) is 2.58. The standard InChI is InChI=1S/C13H14/c1-3-7-12-10(5-1)9-11-6-2-4-8-13(11)12/h3,6-8H,1-2,4-5,9H2. The summed E-state index contributed by atoms with van der Waals surface area (Å²) < 4.78 is 0. The molecule has 0 nitrogen and oxygen atoms in total. The molecular formula is C13H14. The molecule has 0 heterocycles. The molecule has 0 aliphatic heterocycles. The molecule has 0 aromatic rings. The lowest BCUT2D eigenvalue weighted by molar-refractivity contribution is 0.920. The molecule has 0 saturated heterocycles.